The van der Waals surface area contributed by atoms with Crippen LogP contribution in [0.3, 0.4) is 0 Å². The zero-order valence-corrected chi connectivity index (χ0v) is 17.3. The summed E-state index contributed by atoms with van der Waals surface area (Å²) in [7, 11) is 0. The Hall–Kier alpha value is -3.45. The summed E-state index contributed by atoms with van der Waals surface area (Å²) in [6.45, 7) is 3.17. The van der Waals surface area contributed by atoms with Crippen LogP contribution in [0.25, 0.3) is 0 Å². The van der Waals surface area contributed by atoms with Crippen molar-refractivity contribution in [1.82, 2.24) is 0 Å². The Morgan fingerprint density at radius 3 is 1.80 bits per heavy atom. The molecule has 0 amide bonds. The van der Waals surface area contributed by atoms with Gasteiger partial charge < -0.3 is 0 Å². The Morgan fingerprint density at radius 2 is 1.13 bits per heavy atom. The molecule has 1 nitrogen and oxygen atoms in total. The number of hydrogen-bond acceptors (Lipinski definition) is 0. The molecule has 0 bridgehead atoms. The molecule has 1 heteroatoms. The van der Waals surface area contributed by atoms with Gasteiger partial charge in [0.05, 0.1) is 5.92 Å². The maximum Gasteiger partial charge on any atom is 0.189 e. The summed E-state index contributed by atoms with van der Waals surface area (Å²) < 4.78 is 2.60. The third kappa shape index (κ3) is 3.37. The number of hydrogen-bond donors (Lipinski definition) is 0. The molecular weight excluding hydrogens is 362 g/mol. The van der Waals surface area contributed by atoms with Gasteiger partial charge in [0.15, 0.2) is 18.3 Å². The molecule has 0 saturated carbocycles. The Morgan fingerprint density at radius 1 is 0.600 bits per heavy atom. The predicted octanol–water partition coefficient (Wildman–Crippen LogP) is 6.60. The van der Waals surface area contributed by atoms with Gasteiger partial charge in [-0.1, -0.05) is 109 Å². The molecule has 1 heterocycles. The van der Waals surface area contributed by atoms with Crippen LogP contribution in [0.4, 0.5) is 0 Å². The molecule has 5 rings (SSSR count). The molecule has 2 atom stereocenters. The van der Waals surface area contributed by atoms with E-state index in [4.69, 9.17) is 0 Å². The van der Waals surface area contributed by atoms with Crippen molar-refractivity contribution in [2.45, 2.75) is 25.4 Å². The summed E-state index contributed by atoms with van der Waals surface area (Å²) >= 11 is 0. The van der Waals surface area contributed by atoms with E-state index in [9.17, 15) is 0 Å². The Kier molecular flexibility index (Phi) is 5.03. The van der Waals surface area contributed by atoms with Crippen LogP contribution in [0.5, 0.6) is 0 Å². The zero-order chi connectivity index (χ0) is 20.3. The Labute approximate surface area is 179 Å². The van der Waals surface area contributed by atoms with Crippen LogP contribution < -0.4 is 0 Å². The molecule has 0 spiro atoms. The lowest BCUT2D eigenvalue weighted by atomic mass is 9.76. The second-order valence-corrected chi connectivity index (χ2v) is 8.03. The monoisotopic (exact) mass is 388 g/mol. The van der Waals surface area contributed by atoms with Gasteiger partial charge in [0.2, 0.25) is 0 Å². The molecule has 0 aliphatic carbocycles. The van der Waals surface area contributed by atoms with Crippen LogP contribution >= 0.6 is 0 Å². The molecular formula is C29H26N+. The summed E-state index contributed by atoms with van der Waals surface area (Å²) in [4.78, 5) is 0. The molecule has 4 aromatic rings. The van der Waals surface area contributed by atoms with E-state index in [0.29, 0.717) is 0 Å². The van der Waals surface area contributed by atoms with E-state index in [1.165, 1.54) is 33.5 Å². The highest BCUT2D eigenvalue weighted by atomic mass is 15.1. The summed E-state index contributed by atoms with van der Waals surface area (Å²) in [5.41, 5.74) is 8.17. The van der Waals surface area contributed by atoms with Crippen LogP contribution in [0.15, 0.2) is 115 Å². The van der Waals surface area contributed by atoms with Gasteiger partial charge in [0.25, 0.3) is 0 Å². The highest BCUT2D eigenvalue weighted by Crippen LogP contribution is 2.44. The van der Waals surface area contributed by atoms with Crippen molar-refractivity contribution in [3.63, 3.8) is 0 Å². The molecule has 0 radical (unpaired) electrons. The van der Waals surface area contributed by atoms with Crippen molar-refractivity contribution in [2.75, 3.05) is 0 Å². The third-order valence-corrected chi connectivity index (χ3v) is 6.26. The lowest BCUT2D eigenvalue weighted by Crippen LogP contribution is -2.35. The summed E-state index contributed by atoms with van der Waals surface area (Å²) in [5, 5.41) is 0. The van der Waals surface area contributed by atoms with E-state index < -0.39 is 0 Å². The third-order valence-electron chi connectivity index (χ3n) is 6.26. The van der Waals surface area contributed by atoms with Gasteiger partial charge in [-0.25, -0.2) is 4.58 Å². The van der Waals surface area contributed by atoms with Crippen molar-refractivity contribution >= 4 is 5.71 Å². The van der Waals surface area contributed by atoms with E-state index in [0.717, 1.165) is 6.54 Å². The van der Waals surface area contributed by atoms with E-state index >= 15 is 0 Å². The standard InChI is InChI=1S/C29H26N/c1-22-26-19-11-12-20-27(26)28(24-15-7-3-8-16-24)29(25-17-9-4-10-18-25)30(22)21-23-13-5-2-6-14-23/h2-20,28-29H,21H2,1H3/q+1. The van der Waals surface area contributed by atoms with Gasteiger partial charge >= 0.3 is 0 Å². The van der Waals surface area contributed by atoms with E-state index in [1.54, 1.807) is 0 Å². The molecule has 0 N–H and O–H groups in total. The lowest BCUT2D eigenvalue weighted by Gasteiger charge is -2.33. The van der Waals surface area contributed by atoms with Crippen LogP contribution in [-0.4, -0.2) is 10.3 Å². The zero-order valence-electron chi connectivity index (χ0n) is 17.3. The lowest BCUT2D eigenvalue weighted by molar-refractivity contribution is -0.592. The number of fused-ring (bicyclic) bond motifs is 1. The van der Waals surface area contributed by atoms with Gasteiger partial charge in [0.1, 0.15) is 0 Å². The smallest absolute Gasteiger partial charge is 0.189 e. The fraction of sp³-hybridized carbons (Fsp3) is 0.138. The second-order valence-electron chi connectivity index (χ2n) is 8.03. The average Bonchev–Trinajstić information content (AvgIpc) is 2.82. The molecule has 30 heavy (non-hydrogen) atoms. The number of benzene rings is 4. The summed E-state index contributed by atoms with van der Waals surface area (Å²) in [5.74, 6) is 0.275. The van der Waals surface area contributed by atoms with Crippen LogP contribution in [0.2, 0.25) is 0 Å². The van der Waals surface area contributed by atoms with Crippen molar-refractivity contribution < 1.29 is 4.58 Å². The Bertz CT molecular complexity index is 1160. The van der Waals surface area contributed by atoms with Crippen molar-refractivity contribution in [2.24, 2.45) is 0 Å². The van der Waals surface area contributed by atoms with E-state index in [1.807, 2.05) is 0 Å². The first-order valence-corrected chi connectivity index (χ1v) is 10.7. The average molecular weight is 389 g/mol. The molecule has 1 aliphatic heterocycles. The molecule has 146 valence electrons. The maximum absolute atomic E-state index is 2.60. The molecule has 2 unspecified atom stereocenters. The van der Waals surface area contributed by atoms with Crippen LogP contribution in [0, 0.1) is 0 Å². The minimum Gasteiger partial charge on any atom is -0.221 e. The largest absolute Gasteiger partial charge is 0.221 e. The topological polar surface area (TPSA) is 3.01 Å². The number of nitrogens with zero attached hydrogens (tertiary/aromatic N) is 1. The normalized spacial score (nSPS) is 18.2. The van der Waals surface area contributed by atoms with Crippen molar-refractivity contribution in [1.29, 1.82) is 0 Å². The first kappa shape index (κ1) is 18.6. The summed E-state index contributed by atoms with van der Waals surface area (Å²) in [6, 6.07) is 41.9. The fourth-order valence-corrected chi connectivity index (χ4v) is 4.85. The first-order valence-electron chi connectivity index (χ1n) is 10.7. The van der Waals surface area contributed by atoms with Gasteiger partial charge in [-0.3, -0.25) is 0 Å². The summed E-state index contributed by atoms with van der Waals surface area (Å²) in [6.07, 6.45) is 0. The minimum atomic E-state index is 0.240. The first-order chi connectivity index (χ1) is 14.8. The fourth-order valence-electron chi connectivity index (χ4n) is 4.85. The SMILES string of the molecule is CC1=[N+](Cc2ccccc2)C(c2ccccc2)C(c2ccccc2)c2ccccc21. The molecule has 1 aliphatic rings. The molecule has 0 fully saturated rings. The second kappa shape index (κ2) is 8.12. The molecule has 4 aromatic carbocycles. The highest BCUT2D eigenvalue weighted by Gasteiger charge is 2.41. The quantitative estimate of drug-likeness (QED) is 0.347. The highest BCUT2D eigenvalue weighted by molar-refractivity contribution is 5.97. The van der Waals surface area contributed by atoms with Crippen LogP contribution in [-0.2, 0) is 6.54 Å². The van der Waals surface area contributed by atoms with Gasteiger partial charge in [-0.2, -0.15) is 0 Å². The van der Waals surface area contributed by atoms with Gasteiger partial charge in [-0.05, 0) is 17.2 Å². The van der Waals surface area contributed by atoms with Crippen molar-refractivity contribution in [3.8, 4) is 0 Å². The van der Waals surface area contributed by atoms with E-state index in [2.05, 4.69) is 127 Å². The predicted molar refractivity (Wildman–Crippen MR) is 124 cm³/mol. The maximum atomic E-state index is 2.60. The van der Waals surface area contributed by atoms with E-state index in [-0.39, 0.29) is 12.0 Å². The minimum absolute atomic E-state index is 0.240. The van der Waals surface area contributed by atoms with Crippen LogP contribution in [0.1, 0.15) is 46.7 Å². The molecule has 0 aromatic heterocycles. The van der Waals surface area contributed by atoms with Gasteiger partial charge in [0, 0.05) is 23.6 Å². The Balaban J connectivity index is 1.76. The van der Waals surface area contributed by atoms with Gasteiger partial charge in [-0.15, -0.1) is 0 Å². The number of rotatable bonds is 4. The molecule has 0 saturated heterocycles. The van der Waals surface area contributed by atoms with Crippen molar-refractivity contribution in [3.05, 3.63) is 143 Å².